The van der Waals surface area contributed by atoms with Gasteiger partial charge in [0.2, 0.25) is 0 Å². The minimum Gasteiger partial charge on any atom is -0.303 e. The molecule has 4 unspecified atom stereocenters. The van der Waals surface area contributed by atoms with Crippen LogP contribution in [-0.2, 0) is 4.79 Å². The molecule has 114 valence electrons. The summed E-state index contributed by atoms with van der Waals surface area (Å²) in [5.74, 6) is 3.45. The first-order chi connectivity index (χ1) is 10.3. The zero-order valence-electron chi connectivity index (χ0n) is 12.6. The van der Waals surface area contributed by atoms with Crippen molar-refractivity contribution in [1.29, 1.82) is 0 Å². The van der Waals surface area contributed by atoms with Crippen molar-refractivity contribution in [3.63, 3.8) is 0 Å². The molecule has 21 heavy (non-hydrogen) atoms. The molecule has 1 nitrogen and oxygen atoms in total. The molecular weight excluding hydrogens is 324 g/mol. The second-order valence-electron chi connectivity index (χ2n) is 7.00. The zero-order valence-corrected chi connectivity index (χ0v) is 14.2. The minimum absolute atomic E-state index is 0.767. The Hall–Kier alpha value is -0.630. The predicted molar refractivity (Wildman–Crippen MR) is 90.4 cm³/mol. The highest BCUT2D eigenvalue weighted by molar-refractivity contribution is 9.10. The van der Waals surface area contributed by atoms with E-state index in [1.165, 1.54) is 48.6 Å². The zero-order chi connectivity index (χ0) is 14.7. The summed E-state index contributed by atoms with van der Waals surface area (Å²) in [5.41, 5.74) is 1.53. The largest absolute Gasteiger partial charge is 0.303 e. The highest BCUT2D eigenvalue weighted by atomic mass is 79.9. The number of fused-ring (bicyclic) bond motifs is 1. The van der Waals surface area contributed by atoms with Crippen molar-refractivity contribution in [3.05, 3.63) is 34.3 Å². The summed E-state index contributed by atoms with van der Waals surface area (Å²) in [7, 11) is 0. The van der Waals surface area contributed by atoms with Gasteiger partial charge < -0.3 is 4.79 Å². The van der Waals surface area contributed by atoms with E-state index in [0.29, 0.717) is 0 Å². The number of hydrogen-bond acceptors (Lipinski definition) is 1. The molecule has 2 heteroatoms. The molecule has 0 spiro atoms. The van der Waals surface area contributed by atoms with Crippen molar-refractivity contribution in [2.75, 3.05) is 0 Å². The molecule has 0 radical (unpaired) electrons. The summed E-state index contributed by atoms with van der Waals surface area (Å²) < 4.78 is 1.18. The number of hydrogen-bond donors (Lipinski definition) is 0. The third kappa shape index (κ3) is 3.77. The van der Waals surface area contributed by atoms with Gasteiger partial charge in [-0.15, -0.1) is 0 Å². The molecule has 1 aromatic carbocycles. The summed E-state index contributed by atoms with van der Waals surface area (Å²) in [6, 6.07) is 8.95. The van der Waals surface area contributed by atoms with Gasteiger partial charge in [-0.3, -0.25) is 0 Å². The normalized spacial score (nSPS) is 32.4. The Labute approximate surface area is 136 Å². The maximum atomic E-state index is 10.6. The van der Waals surface area contributed by atoms with Gasteiger partial charge in [-0.05, 0) is 79.9 Å². The number of rotatable bonds is 4. The second kappa shape index (κ2) is 7.09. The SMILES string of the molecule is O=CCCC1CCC2CC(c3ccc(Br)cc3)CCC2C1. The van der Waals surface area contributed by atoms with E-state index >= 15 is 0 Å². The average Bonchev–Trinajstić information content (AvgIpc) is 2.53. The molecule has 0 saturated heterocycles. The van der Waals surface area contributed by atoms with E-state index in [9.17, 15) is 4.79 Å². The van der Waals surface area contributed by atoms with Crippen LogP contribution in [0.15, 0.2) is 28.7 Å². The molecule has 0 bridgehead atoms. The van der Waals surface area contributed by atoms with Crippen molar-refractivity contribution in [3.8, 4) is 0 Å². The number of carbonyl (C=O) groups is 1. The number of benzene rings is 1. The Morgan fingerprint density at radius 2 is 1.71 bits per heavy atom. The van der Waals surface area contributed by atoms with Crippen LogP contribution in [0.3, 0.4) is 0 Å². The fourth-order valence-corrected chi connectivity index (χ4v) is 4.85. The molecule has 2 aliphatic carbocycles. The molecule has 4 atom stereocenters. The third-order valence-electron chi connectivity index (χ3n) is 5.76. The minimum atomic E-state index is 0.767. The molecule has 0 N–H and O–H groups in total. The fourth-order valence-electron chi connectivity index (χ4n) is 4.59. The van der Waals surface area contributed by atoms with Crippen molar-refractivity contribution >= 4 is 22.2 Å². The van der Waals surface area contributed by atoms with E-state index in [2.05, 4.69) is 40.2 Å². The first kappa shape index (κ1) is 15.3. The lowest BCUT2D eigenvalue weighted by molar-refractivity contribution is -0.108. The number of carbonyl (C=O) groups excluding carboxylic acids is 1. The highest BCUT2D eigenvalue weighted by Gasteiger charge is 2.35. The van der Waals surface area contributed by atoms with E-state index in [1.807, 2.05) is 0 Å². The van der Waals surface area contributed by atoms with Gasteiger partial charge in [0.05, 0.1) is 0 Å². The van der Waals surface area contributed by atoms with Crippen LogP contribution >= 0.6 is 15.9 Å². The Kier molecular flexibility index (Phi) is 5.15. The molecule has 1 aromatic rings. The Morgan fingerprint density at radius 3 is 2.48 bits per heavy atom. The van der Waals surface area contributed by atoms with Crippen molar-refractivity contribution < 1.29 is 4.79 Å². The summed E-state index contributed by atoms with van der Waals surface area (Å²) >= 11 is 3.53. The smallest absolute Gasteiger partial charge is 0.120 e. The van der Waals surface area contributed by atoms with E-state index in [1.54, 1.807) is 0 Å². The second-order valence-corrected chi connectivity index (χ2v) is 7.92. The molecule has 0 amide bonds. The van der Waals surface area contributed by atoms with Crippen LogP contribution in [0.25, 0.3) is 0 Å². The summed E-state index contributed by atoms with van der Waals surface area (Å²) in [4.78, 5) is 10.6. The number of halogens is 1. The first-order valence-corrected chi connectivity index (χ1v) is 9.24. The Balaban J connectivity index is 1.57. The molecule has 2 aliphatic rings. The lowest BCUT2D eigenvalue weighted by Gasteiger charge is -2.42. The van der Waals surface area contributed by atoms with Crippen LogP contribution in [0, 0.1) is 17.8 Å². The van der Waals surface area contributed by atoms with Gasteiger partial charge in [0.25, 0.3) is 0 Å². The lowest BCUT2D eigenvalue weighted by Crippen LogP contribution is -2.30. The van der Waals surface area contributed by atoms with Crippen LogP contribution in [-0.4, -0.2) is 6.29 Å². The maximum absolute atomic E-state index is 10.6. The van der Waals surface area contributed by atoms with Gasteiger partial charge in [-0.1, -0.05) is 34.5 Å². The predicted octanol–water partition coefficient (Wildman–Crippen LogP) is 5.73. The van der Waals surface area contributed by atoms with Crippen LogP contribution in [0.4, 0.5) is 0 Å². The van der Waals surface area contributed by atoms with Gasteiger partial charge >= 0.3 is 0 Å². The van der Waals surface area contributed by atoms with E-state index in [0.717, 1.165) is 42.8 Å². The molecule has 0 heterocycles. The highest BCUT2D eigenvalue weighted by Crippen LogP contribution is 2.48. The quantitative estimate of drug-likeness (QED) is 0.635. The lowest BCUT2D eigenvalue weighted by atomic mass is 9.63. The molecule has 0 aromatic heterocycles. The molecule has 3 rings (SSSR count). The van der Waals surface area contributed by atoms with Crippen molar-refractivity contribution in [2.45, 2.75) is 57.3 Å². The summed E-state index contributed by atoms with van der Waals surface area (Å²) in [6.45, 7) is 0. The summed E-state index contributed by atoms with van der Waals surface area (Å²) in [5, 5.41) is 0. The average molecular weight is 349 g/mol. The standard InChI is InChI=1S/C19H25BrO/c20-19-9-7-15(8-10-19)17-6-5-16-12-14(2-1-11-21)3-4-18(16)13-17/h7-11,14,16-18H,1-6,12-13H2. The molecular formula is C19H25BrO. The summed E-state index contributed by atoms with van der Waals surface area (Å²) in [6.07, 6.45) is 11.2. The van der Waals surface area contributed by atoms with E-state index in [-0.39, 0.29) is 0 Å². The van der Waals surface area contributed by atoms with Gasteiger partial charge in [0.15, 0.2) is 0 Å². The van der Waals surface area contributed by atoms with Crippen molar-refractivity contribution in [1.82, 2.24) is 0 Å². The first-order valence-electron chi connectivity index (χ1n) is 8.45. The van der Waals surface area contributed by atoms with Crippen LogP contribution in [0.1, 0.15) is 62.8 Å². The fraction of sp³-hybridized carbons (Fsp3) is 0.632. The molecule has 0 aliphatic heterocycles. The van der Waals surface area contributed by atoms with Gasteiger partial charge in [0.1, 0.15) is 6.29 Å². The molecule has 2 fully saturated rings. The maximum Gasteiger partial charge on any atom is 0.120 e. The van der Waals surface area contributed by atoms with Gasteiger partial charge in [0, 0.05) is 10.9 Å². The van der Waals surface area contributed by atoms with Gasteiger partial charge in [-0.2, -0.15) is 0 Å². The van der Waals surface area contributed by atoms with Gasteiger partial charge in [-0.25, -0.2) is 0 Å². The third-order valence-corrected chi connectivity index (χ3v) is 6.28. The Bertz CT molecular complexity index is 467. The van der Waals surface area contributed by atoms with E-state index in [4.69, 9.17) is 0 Å². The van der Waals surface area contributed by atoms with Crippen LogP contribution in [0.2, 0.25) is 0 Å². The topological polar surface area (TPSA) is 17.1 Å². The van der Waals surface area contributed by atoms with Crippen LogP contribution in [0.5, 0.6) is 0 Å². The van der Waals surface area contributed by atoms with Crippen LogP contribution < -0.4 is 0 Å². The number of aldehydes is 1. The molecule has 2 saturated carbocycles. The van der Waals surface area contributed by atoms with E-state index < -0.39 is 0 Å². The Morgan fingerprint density at radius 1 is 1.00 bits per heavy atom. The van der Waals surface area contributed by atoms with Crippen molar-refractivity contribution in [2.24, 2.45) is 17.8 Å². The monoisotopic (exact) mass is 348 g/mol.